The molecule has 1 saturated heterocycles. The Balaban J connectivity index is 1.72. The van der Waals surface area contributed by atoms with Crippen LogP contribution in [0.3, 0.4) is 0 Å². The molecule has 3 aromatic carbocycles. The van der Waals surface area contributed by atoms with Gasteiger partial charge in [0, 0.05) is 17.0 Å². The van der Waals surface area contributed by atoms with E-state index in [-0.39, 0.29) is 35.5 Å². The molecule has 0 N–H and O–H groups in total. The molecule has 1 aliphatic rings. The molecule has 0 unspecified atom stereocenters. The fraction of sp³-hybridized carbons (Fsp3) is 0.300. The van der Waals surface area contributed by atoms with Gasteiger partial charge in [-0.05, 0) is 17.5 Å². The third-order valence-corrected chi connectivity index (χ3v) is 6.44. The van der Waals surface area contributed by atoms with Crippen LogP contribution in [0.15, 0.2) is 90.7 Å². The van der Waals surface area contributed by atoms with Crippen LogP contribution in [-0.2, 0) is 27.4 Å². The molecule has 4 rings (SSSR count). The van der Waals surface area contributed by atoms with Gasteiger partial charge in [-0.3, -0.25) is 4.79 Å². The topological polar surface area (TPSA) is 44.8 Å². The molecule has 0 amide bonds. The summed E-state index contributed by atoms with van der Waals surface area (Å²) in [4.78, 5) is 11.6. The van der Waals surface area contributed by atoms with Gasteiger partial charge in [-0.2, -0.15) is 0 Å². The van der Waals surface area contributed by atoms with Crippen molar-refractivity contribution in [2.45, 2.75) is 51.8 Å². The summed E-state index contributed by atoms with van der Waals surface area (Å²) in [7, 11) is 0. The van der Waals surface area contributed by atoms with E-state index in [9.17, 15) is 4.79 Å². The Kier molecular flexibility index (Phi) is 8.45. The molecular weight excluding hydrogens is 443 g/mol. The molecule has 5 heteroatoms. The minimum atomic E-state index is -0.781. The minimum absolute atomic E-state index is 0.0395. The van der Waals surface area contributed by atoms with Crippen molar-refractivity contribution in [2.75, 3.05) is 0 Å². The first kappa shape index (κ1) is 24.8. The highest BCUT2D eigenvalue weighted by molar-refractivity contribution is 5.84. The third kappa shape index (κ3) is 5.87. The van der Waals surface area contributed by atoms with Crippen LogP contribution >= 0.6 is 0 Å². The minimum Gasteiger partial charge on any atom is -0.488 e. The summed E-state index contributed by atoms with van der Waals surface area (Å²) < 4.78 is 35.0. The van der Waals surface area contributed by atoms with Gasteiger partial charge < -0.3 is 14.2 Å². The van der Waals surface area contributed by atoms with Crippen molar-refractivity contribution < 1.29 is 23.4 Å². The van der Waals surface area contributed by atoms with Crippen LogP contribution in [0.4, 0.5) is 4.39 Å². The lowest BCUT2D eigenvalue weighted by Gasteiger charge is -2.42. The van der Waals surface area contributed by atoms with E-state index in [4.69, 9.17) is 14.2 Å². The van der Waals surface area contributed by atoms with E-state index in [0.717, 1.165) is 11.1 Å². The average Bonchev–Trinajstić information content (AvgIpc) is 2.92. The number of hydrogen-bond acceptors (Lipinski definition) is 4. The fourth-order valence-corrected chi connectivity index (χ4v) is 4.47. The normalized spacial score (nSPS) is 23.4. The lowest BCUT2D eigenvalue weighted by Crippen LogP contribution is -2.49. The van der Waals surface area contributed by atoms with Crippen LogP contribution < -0.4 is 0 Å². The van der Waals surface area contributed by atoms with Crippen molar-refractivity contribution in [3.8, 4) is 0 Å². The summed E-state index contributed by atoms with van der Waals surface area (Å²) >= 11 is 0. The first-order chi connectivity index (χ1) is 17.1. The number of hydrogen-bond donors (Lipinski definition) is 0. The Hall–Kier alpha value is -3.28. The molecule has 3 aromatic rings. The molecule has 4 atom stereocenters. The summed E-state index contributed by atoms with van der Waals surface area (Å²) in [6, 6.07) is 26.2. The summed E-state index contributed by atoms with van der Waals surface area (Å²) in [5, 5.41) is 0. The molecule has 35 heavy (non-hydrogen) atoms. The van der Waals surface area contributed by atoms with E-state index in [0.29, 0.717) is 19.3 Å². The lowest BCUT2D eigenvalue weighted by atomic mass is 9.87. The molecule has 1 fully saturated rings. The standard InChI is InChI=1S/C30H31FO4/c1-3-26-21(2)28(33-19-22-12-6-4-7-13-22)30(34-20-23-14-8-5-9-15-23)29(35-26)27(31)25-17-11-10-16-24(25)18-32/h4-18,21,26,28,30H,3,19-20H2,1-2H3/b29-27-/t21-,26-,28+,30-/m1/s1. The predicted molar refractivity (Wildman–Crippen MR) is 134 cm³/mol. The monoisotopic (exact) mass is 474 g/mol. The molecule has 0 radical (unpaired) electrons. The quantitative estimate of drug-likeness (QED) is 0.322. The molecule has 0 bridgehead atoms. The summed E-state index contributed by atoms with van der Waals surface area (Å²) in [6.07, 6.45) is -0.139. The van der Waals surface area contributed by atoms with Gasteiger partial charge in [0.2, 0.25) is 0 Å². The fourth-order valence-electron chi connectivity index (χ4n) is 4.47. The highest BCUT2D eigenvalue weighted by atomic mass is 19.1. The Morgan fingerprint density at radius 1 is 0.886 bits per heavy atom. The Labute approximate surface area is 206 Å². The first-order valence-corrected chi connectivity index (χ1v) is 12.0. The summed E-state index contributed by atoms with van der Waals surface area (Å²) in [5.74, 6) is -0.551. The molecule has 0 spiro atoms. The van der Waals surface area contributed by atoms with Crippen molar-refractivity contribution in [2.24, 2.45) is 5.92 Å². The van der Waals surface area contributed by atoms with Crippen molar-refractivity contribution in [1.29, 1.82) is 0 Å². The highest BCUT2D eigenvalue weighted by Gasteiger charge is 2.44. The SMILES string of the molecule is CC[C@H]1O/C(=C(\F)c2ccccc2C=O)[C@H](OCc2ccccc2)[C@@H](OCc2ccccc2)[C@@H]1C. The molecular formula is C30H31FO4. The van der Waals surface area contributed by atoms with Gasteiger partial charge >= 0.3 is 0 Å². The van der Waals surface area contributed by atoms with Crippen LogP contribution in [0, 0.1) is 5.92 Å². The zero-order valence-corrected chi connectivity index (χ0v) is 20.1. The first-order valence-electron chi connectivity index (χ1n) is 12.0. The second-order valence-corrected chi connectivity index (χ2v) is 8.79. The number of carbonyl (C=O) groups is 1. The largest absolute Gasteiger partial charge is 0.488 e. The van der Waals surface area contributed by atoms with Crippen LogP contribution in [-0.4, -0.2) is 24.6 Å². The second-order valence-electron chi connectivity index (χ2n) is 8.79. The Bertz CT molecular complexity index is 1130. The number of aldehydes is 1. The van der Waals surface area contributed by atoms with Crippen molar-refractivity contribution in [3.05, 3.63) is 113 Å². The van der Waals surface area contributed by atoms with E-state index in [1.54, 1.807) is 24.3 Å². The van der Waals surface area contributed by atoms with E-state index in [1.165, 1.54) is 0 Å². The van der Waals surface area contributed by atoms with Crippen molar-refractivity contribution in [3.63, 3.8) is 0 Å². The van der Waals surface area contributed by atoms with Gasteiger partial charge in [0.1, 0.15) is 12.2 Å². The van der Waals surface area contributed by atoms with Crippen LogP contribution in [0.25, 0.3) is 5.83 Å². The molecule has 1 heterocycles. The smallest absolute Gasteiger partial charge is 0.171 e. The lowest BCUT2D eigenvalue weighted by molar-refractivity contribution is -0.167. The highest BCUT2D eigenvalue weighted by Crippen LogP contribution is 2.39. The van der Waals surface area contributed by atoms with Crippen LogP contribution in [0.5, 0.6) is 0 Å². The van der Waals surface area contributed by atoms with E-state index >= 15 is 4.39 Å². The zero-order valence-electron chi connectivity index (χ0n) is 20.1. The molecule has 0 aliphatic carbocycles. The Morgan fingerprint density at radius 3 is 2.06 bits per heavy atom. The van der Waals surface area contributed by atoms with Gasteiger partial charge in [-0.15, -0.1) is 0 Å². The maximum Gasteiger partial charge on any atom is 0.171 e. The van der Waals surface area contributed by atoms with Gasteiger partial charge in [0.15, 0.2) is 17.9 Å². The third-order valence-electron chi connectivity index (χ3n) is 6.44. The molecule has 4 nitrogen and oxygen atoms in total. The molecule has 182 valence electrons. The number of carbonyl (C=O) groups excluding carboxylic acids is 1. The number of rotatable bonds is 9. The molecule has 1 aliphatic heterocycles. The molecule has 0 saturated carbocycles. The predicted octanol–water partition coefficient (Wildman–Crippen LogP) is 6.75. The number of ether oxygens (including phenoxy) is 3. The van der Waals surface area contributed by atoms with Gasteiger partial charge in [-0.1, -0.05) is 98.8 Å². The van der Waals surface area contributed by atoms with Gasteiger partial charge in [0.25, 0.3) is 0 Å². The summed E-state index contributed by atoms with van der Waals surface area (Å²) in [5.41, 5.74) is 2.44. The maximum atomic E-state index is 16.1. The van der Waals surface area contributed by atoms with Crippen molar-refractivity contribution in [1.82, 2.24) is 0 Å². The van der Waals surface area contributed by atoms with Crippen molar-refractivity contribution >= 4 is 12.1 Å². The van der Waals surface area contributed by atoms with Gasteiger partial charge in [0.05, 0.1) is 19.3 Å². The summed E-state index contributed by atoms with van der Waals surface area (Å²) in [6.45, 7) is 4.71. The van der Waals surface area contributed by atoms with Gasteiger partial charge in [-0.25, -0.2) is 4.39 Å². The Morgan fingerprint density at radius 2 is 1.46 bits per heavy atom. The maximum absolute atomic E-state index is 16.1. The van der Waals surface area contributed by atoms with Crippen LogP contribution in [0.1, 0.15) is 47.3 Å². The number of benzene rings is 3. The number of halogens is 1. The van der Waals surface area contributed by atoms with E-state index < -0.39 is 18.0 Å². The molecule has 0 aromatic heterocycles. The van der Waals surface area contributed by atoms with E-state index in [2.05, 4.69) is 6.92 Å². The van der Waals surface area contributed by atoms with Crippen LogP contribution in [0.2, 0.25) is 0 Å². The zero-order chi connectivity index (χ0) is 24.6. The second kappa shape index (κ2) is 11.9. The average molecular weight is 475 g/mol. The van der Waals surface area contributed by atoms with E-state index in [1.807, 2.05) is 67.6 Å².